The van der Waals surface area contributed by atoms with Gasteiger partial charge in [0.05, 0.1) is 42.7 Å². The Morgan fingerprint density at radius 1 is 0.579 bits per heavy atom. The molecule has 0 heterocycles. The van der Waals surface area contributed by atoms with Crippen LogP contribution < -0.4 is 28.4 Å². The van der Waals surface area contributed by atoms with Gasteiger partial charge in [-0.2, -0.15) is 0 Å². The highest BCUT2D eigenvalue weighted by molar-refractivity contribution is 6.63. The van der Waals surface area contributed by atoms with Gasteiger partial charge in [0.1, 0.15) is 0 Å². The molecule has 0 N–H and O–H groups in total. The molecule has 4 bridgehead atoms. The van der Waals surface area contributed by atoms with Crippen molar-refractivity contribution >= 4 is 34.8 Å². The number of hydrogen-bond acceptors (Lipinski definition) is 6. The Bertz CT molecular complexity index is 989. The van der Waals surface area contributed by atoms with E-state index in [4.69, 9.17) is 63.2 Å². The summed E-state index contributed by atoms with van der Waals surface area (Å²) in [6.07, 6.45) is 7.22. The van der Waals surface area contributed by atoms with Gasteiger partial charge in [-0.15, -0.1) is 0 Å². The van der Waals surface area contributed by atoms with Crippen LogP contribution in [-0.4, -0.2) is 47.0 Å². The van der Waals surface area contributed by atoms with Crippen LogP contribution in [0.25, 0.3) is 0 Å². The van der Waals surface area contributed by atoms with Gasteiger partial charge < -0.3 is 28.4 Å². The van der Waals surface area contributed by atoms with Gasteiger partial charge in [0.25, 0.3) is 0 Å². The number of benzene rings is 2. The molecule has 0 spiro atoms. The van der Waals surface area contributed by atoms with E-state index in [1.54, 1.807) is 42.7 Å². The second-order valence-corrected chi connectivity index (χ2v) is 12.6. The third-order valence-corrected chi connectivity index (χ3v) is 8.62. The molecular formula is C29H37Cl3O6. The average Bonchev–Trinajstić information content (AvgIpc) is 2.90. The lowest BCUT2D eigenvalue weighted by Crippen LogP contribution is -2.55. The van der Waals surface area contributed by atoms with Crippen molar-refractivity contribution in [2.24, 2.45) is 11.8 Å². The van der Waals surface area contributed by atoms with Gasteiger partial charge in [-0.05, 0) is 96.6 Å². The first-order chi connectivity index (χ1) is 18.2. The molecule has 4 aliphatic carbocycles. The van der Waals surface area contributed by atoms with Crippen LogP contribution in [0.3, 0.4) is 0 Å². The van der Waals surface area contributed by atoms with Gasteiger partial charge in [-0.25, -0.2) is 0 Å². The monoisotopic (exact) mass is 586 g/mol. The fourth-order valence-electron chi connectivity index (χ4n) is 7.71. The number of hydrogen-bond donors (Lipinski definition) is 0. The van der Waals surface area contributed by atoms with Crippen molar-refractivity contribution in [1.82, 2.24) is 0 Å². The number of ether oxygens (including phenoxy) is 6. The summed E-state index contributed by atoms with van der Waals surface area (Å²) in [6.45, 7) is 0. The molecule has 0 atom stereocenters. The Morgan fingerprint density at radius 3 is 1.11 bits per heavy atom. The van der Waals surface area contributed by atoms with E-state index in [1.807, 2.05) is 0 Å². The molecule has 4 saturated carbocycles. The van der Waals surface area contributed by atoms with Gasteiger partial charge in [-0.3, -0.25) is 0 Å². The van der Waals surface area contributed by atoms with Crippen LogP contribution in [0.5, 0.6) is 34.5 Å². The summed E-state index contributed by atoms with van der Waals surface area (Å²) in [4.78, 5) is 0. The van der Waals surface area contributed by atoms with Gasteiger partial charge in [0.15, 0.2) is 27.3 Å². The summed E-state index contributed by atoms with van der Waals surface area (Å²) in [6, 6.07) is 8.71. The van der Waals surface area contributed by atoms with Crippen molar-refractivity contribution in [2.75, 3.05) is 42.7 Å². The Labute approximate surface area is 240 Å². The second-order valence-electron chi connectivity index (χ2n) is 10.6. The first kappa shape index (κ1) is 29.1. The lowest BCUT2D eigenvalue weighted by molar-refractivity contribution is -0.0284. The summed E-state index contributed by atoms with van der Waals surface area (Å²) in [7, 11) is 10.1. The fourth-order valence-corrected chi connectivity index (χ4v) is 7.71. The molecule has 0 aromatic heterocycles. The van der Waals surface area contributed by atoms with Gasteiger partial charge in [0.2, 0.25) is 11.5 Å². The van der Waals surface area contributed by atoms with E-state index in [2.05, 4.69) is 24.3 Å². The van der Waals surface area contributed by atoms with Crippen LogP contribution in [0.4, 0.5) is 0 Å². The minimum atomic E-state index is -0.750. The summed E-state index contributed by atoms with van der Waals surface area (Å²) >= 11 is 14.4. The van der Waals surface area contributed by atoms with E-state index in [0.29, 0.717) is 23.3 Å². The van der Waals surface area contributed by atoms with E-state index in [9.17, 15) is 0 Å². The second kappa shape index (κ2) is 11.7. The maximum Gasteiger partial charge on any atom is 0.203 e. The normalized spacial score (nSPS) is 26.9. The molecule has 6 rings (SSSR count). The smallest absolute Gasteiger partial charge is 0.203 e. The molecule has 0 unspecified atom stereocenters. The van der Waals surface area contributed by atoms with Crippen molar-refractivity contribution in [3.63, 3.8) is 0 Å². The minimum absolute atomic E-state index is 0.0807. The predicted octanol–water partition coefficient (Wildman–Crippen LogP) is 7.51. The van der Waals surface area contributed by atoms with E-state index in [-0.39, 0.29) is 10.8 Å². The Kier molecular flexibility index (Phi) is 8.95. The lowest BCUT2D eigenvalue weighted by Gasteiger charge is -2.62. The van der Waals surface area contributed by atoms with Crippen LogP contribution in [0.15, 0.2) is 24.3 Å². The van der Waals surface area contributed by atoms with Crippen LogP contribution in [0, 0.1) is 11.8 Å². The summed E-state index contributed by atoms with van der Waals surface area (Å²) in [5.74, 6) is 5.61. The maximum atomic E-state index is 5.73. The van der Waals surface area contributed by atoms with Crippen molar-refractivity contribution in [3.05, 3.63) is 35.4 Å². The van der Waals surface area contributed by atoms with Crippen LogP contribution >= 0.6 is 34.8 Å². The molecular weight excluding hydrogens is 551 g/mol. The topological polar surface area (TPSA) is 55.4 Å². The average molecular weight is 588 g/mol. The van der Waals surface area contributed by atoms with Gasteiger partial charge >= 0.3 is 0 Å². The molecule has 38 heavy (non-hydrogen) atoms. The summed E-state index contributed by atoms with van der Waals surface area (Å²) in [5, 5.41) is 0. The molecule has 9 heteroatoms. The molecule has 4 aliphatic rings. The fraction of sp³-hybridized carbons (Fsp3) is 0.586. The molecule has 2 aromatic rings. The van der Waals surface area contributed by atoms with Crippen molar-refractivity contribution in [2.45, 2.75) is 53.7 Å². The van der Waals surface area contributed by atoms with Crippen molar-refractivity contribution in [3.8, 4) is 34.5 Å². The zero-order chi connectivity index (χ0) is 27.7. The Balaban J connectivity index is 0.000000786. The highest BCUT2D eigenvalue weighted by Gasteiger charge is 2.59. The Hall–Kier alpha value is -1.89. The summed E-state index contributed by atoms with van der Waals surface area (Å²) < 4.78 is 33.4. The quantitative estimate of drug-likeness (QED) is 0.298. The summed E-state index contributed by atoms with van der Waals surface area (Å²) in [5.41, 5.74) is 2.76. The molecule has 0 radical (unpaired) electrons. The molecule has 0 amide bonds. The zero-order valence-corrected chi connectivity index (χ0v) is 25.1. The first-order valence-electron chi connectivity index (χ1n) is 12.7. The molecule has 0 aliphatic heterocycles. The third kappa shape index (κ3) is 5.29. The molecule has 210 valence electrons. The molecule has 6 nitrogen and oxygen atoms in total. The number of methoxy groups -OCH3 is 6. The van der Waals surface area contributed by atoms with Gasteiger partial charge in [-0.1, -0.05) is 34.8 Å². The number of rotatable bonds is 8. The van der Waals surface area contributed by atoms with Crippen molar-refractivity contribution < 1.29 is 28.4 Å². The standard InChI is InChI=1S/C28H36O6.CHCl3/c1-29-21-8-19(9-22(30-2)25(21)33-5)27-12-17-7-18(13-27)15-28(14-17,16-27)20-10-23(31-3)26(34-6)24(11-20)32-4;2-1(3)4/h8-11,17-18H,7,12-16H2,1-6H3;1H. The lowest BCUT2D eigenvalue weighted by atomic mass is 9.41. The third-order valence-electron chi connectivity index (χ3n) is 8.62. The van der Waals surface area contributed by atoms with E-state index in [0.717, 1.165) is 29.4 Å². The molecule has 4 fully saturated rings. The van der Waals surface area contributed by atoms with Crippen LogP contribution in [-0.2, 0) is 10.8 Å². The largest absolute Gasteiger partial charge is 0.493 e. The van der Waals surface area contributed by atoms with Gasteiger partial charge in [0, 0.05) is 0 Å². The SMILES string of the molecule is COc1cc(C23CC4CC(C2)CC(c2cc(OC)c(OC)c(OC)c2)(C4)C3)cc(OC)c1OC.ClC(Cl)Cl. The Morgan fingerprint density at radius 2 is 0.868 bits per heavy atom. The maximum absolute atomic E-state index is 5.73. The predicted molar refractivity (Wildman–Crippen MR) is 152 cm³/mol. The molecule has 0 saturated heterocycles. The highest BCUT2D eigenvalue weighted by Crippen LogP contribution is 2.67. The first-order valence-corrected chi connectivity index (χ1v) is 14.0. The van der Waals surface area contributed by atoms with E-state index in [1.165, 1.54) is 43.2 Å². The highest BCUT2D eigenvalue weighted by atomic mass is 35.6. The zero-order valence-electron chi connectivity index (χ0n) is 22.9. The van der Waals surface area contributed by atoms with E-state index >= 15 is 0 Å². The van der Waals surface area contributed by atoms with E-state index < -0.39 is 4.30 Å². The van der Waals surface area contributed by atoms with Crippen LogP contribution in [0.1, 0.15) is 49.7 Å². The minimum Gasteiger partial charge on any atom is -0.493 e. The molecule has 2 aromatic carbocycles. The van der Waals surface area contributed by atoms with Crippen LogP contribution in [0.2, 0.25) is 0 Å². The number of halogens is 3. The number of alkyl halides is 3. The van der Waals surface area contributed by atoms with Crippen molar-refractivity contribution in [1.29, 1.82) is 0 Å².